The molecule has 1 aromatic heterocycles. The average Bonchev–Trinajstić information content (AvgIpc) is 3.45. The van der Waals surface area contributed by atoms with Crippen LogP contribution in [0.25, 0.3) is 10.9 Å². The molecule has 4 rings (SSSR count). The van der Waals surface area contributed by atoms with Gasteiger partial charge in [0.1, 0.15) is 0 Å². The number of pyridine rings is 1. The van der Waals surface area contributed by atoms with Crippen LogP contribution in [0.5, 0.6) is 11.5 Å². The molecule has 0 aliphatic carbocycles. The van der Waals surface area contributed by atoms with Crippen LogP contribution >= 0.6 is 0 Å². The van der Waals surface area contributed by atoms with Gasteiger partial charge in [-0.2, -0.15) is 0 Å². The molecule has 0 bridgehead atoms. The Kier molecular flexibility index (Phi) is 11.6. The second-order valence-electron chi connectivity index (χ2n) is 9.97. The Hall–Kier alpha value is -4.26. The van der Waals surface area contributed by atoms with E-state index in [9.17, 15) is 14.4 Å². The van der Waals surface area contributed by atoms with E-state index in [1.807, 2.05) is 18.2 Å². The largest absolute Gasteiger partial charge is 0.493 e. The Labute approximate surface area is 243 Å². The first-order valence-electron chi connectivity index (χ1n) is 13.3. The zero-order valence-corrected chi connectivity index (χ0v) is 23.6. The Balaban J connectivity index is 0.000000316. The minimum absolute atomic E-state index is 0.288. The molecule has 3 aromatic rings. The molecule has 1 aliphatic heterocycles. The molecule has 4 N–H and O–H groups in total. The van der Waals surface area contributed by atoms with Gasteiger partial charge in [0.2, 0.25) is 0 Å². The summed E-state index contributed by atoms with van der Waals surface area (Å²) in [5.41, 5.74) is 0.550. The van der Waals surface area contributed by atoms with E-state index in [2.05, 4.69) is 41.3 Å². The number of fused-ring (bicyclic) bond motifs is 1. The molecule has 1 aliphatic rings. The molecule has 1 saturated heterocycles. The second-order valence-corrected chi connectivity index (χ2v) is 9.97. The standard InChI is InChI=1S/C24H28N2O3.C6H8O7/c1-27-23-12-9-18(14-24(23)28-2)15-26(17-21-7-5-13-29-21)16-20-11-10-19-6-3-4-8-22(19)25-20;7-3(8)1-6(13,5(11)12)2-4(9)10/h3-4,6,8-12,14,21H,5,7,13,15-17H2,1-2H3;13H,1-2H2,(H,7,8)(H,9,10)(H,11,12). The van der Waals surface area contributed by atoms with Crippen molar-refractivity contribution in [2.45, 2.75) is 50.5 Å². The van der Waals surface area contributed by atoms with E-state index in [0.29, 0.717) is 0 Å². The van der Waals surface area contributed by atoms with Crippen molar-refractivity contribution >= 4 is 28.8 Å². The van der Waals surface area contributed by atoms with Crippen LogP contribution in [0.15, 0.2) is 54.6 Å². The summed E-state index contributed by atoms with van der Waals surface area (Å²) in [6.07, 6.45) is 0.260. The molecule has 0 saturated carbocycles. The maximum absolute atomic E-state index is 10.3. The van der Waals surface area contributed by atoms with Gasteiger partial charge in [0, 0.05) is 31.6 Å². The van der Waals surface area contributed by atoms with Crippen molar-refractivity contribution < 1.29 is 49.0 Å². The number of nitrogens with zero attached hydrogens (tertiary/aromatic N) is 2. The highest BCUT2D eigenvalue weighted by molar-refractivity contribution is 5.88. The highest BCUT2D eigenvalue weighted by atomic mass is 16.5. The fourth-order valence-corrected chi connectivity index (χ4v) is 4.64. The van der Waals surface area contributed by atoms with Crippen molar-refractivity contribution in [1.29, 1.82) is 0 Å². The molecule has 0 amide bonds. The molecule has 1 unspecified atom stereocenters. The fraction of sp³-hybridized carbons (Fsp3) is 0.400. The van der Waals surface area contributed by atoms with E-state index in [-0.39, 0.29) is 6.10 Å². The maximum Gasteiger partial charge on any atom is 0.336 e. The summed E-state index contributed by atoms with van der Waals surface area (Å²) in [6, 6.07) is 18.6. The first-order valence-corrected chi connectivity index (χ1v) is 13.3. The SMILES string of the molecule is COc1ccc(CN(Cc2ccc3ccccc3n2)CC2CCCO2)cc1OC.O=C(O)CC(O)(CC(=O)O)C(=O)O. The summed E-state index contributed by atoms with van der Waals surface area (Å²) in [7, 11) is 3.33. The highest BCUT2D eigenvalue weighted by Crippen LogP contribution is 2.28. The van der Waals surface area contributed by atoms with Gasteiger partial charge in [-0.3, -0.25) is 19.5 Å². The lowest BCUT2D eigenvalue weighted by molar-refractivity contribution is -0.170. The summed E-state index contributed by atoms with van der Waals surface area (Å²) in [6.45, 7) is 3.33. The quantitative estimate of drug-likeness (QED) is 0.231. The van der Waals surface area contributed by atoms with Gasteiger partial charge in [-0.1, -0.05) is 30.3 Å². The lowest BCUT2D eigenvalue weighted by Crippen LogP contribution is -2.42. The number of aromatic nitrogens is 1. The van der Waals surface area contributed by atoms with Crippen molar-refractivity contribution in [2.75, 3.05) is 27.4 Å². The number of aliphatic hydroxyl groups is 1. The molecule has 42 heavy (non-hydrogen) atoms. The van der Waals surface area contributed by atoms with Crippen molar-refractivity contribution in [3.8, 4) is 11.5 Å². The maximum atomic E-state index is 10.3. The molecule has 12 nitrogen and oxygen atoms in total. The van der Waals surface area contributed by atoms with E-state index >= 15 is 0 Å². The third kappa shape index (κ3) is 9.40. The number of methoxy groups -OCH3 is 2. The lowest BCUT2D eigenvalue weighted by Gasteiger charge is -2.25. The van der Waals surface area contributed by atoms with Gasteiger partial charge in [0.15, 0.2) is 17.1 Å². The first-order chi connectivity index (χ1) is 20.0. The van der Waals surface area contributed by atoms with E-state index in [0.717, 1.165) is 61.8 Å². The predicted molar refractivity (Wildman–Crippen MR) is 151 cm³/mol. The first kappa shape index (κ1) is 32.3. The molecule has 0 radical (unpaired) electrons. The Bertz CT molecular complexity index is 1360. The number of rotatable bonds is 13. The molecule has 0 spiro atoms. The molecule has 2 aromatic carbocycles. The zero-order chi connectivity index (χ0) is 30.7. The summed E-state index contributed by atoms with van der Waals surface area (Å²) in [4.78, 5) is 37.8. The van der Waals surface area contributed by atoms with Crippen molar-refractivity contribution in [3.63, 3.8) is 0 Å². The molecule has 2 heterocycles. The second kappa shape index (κ2) is 15.1. The molecule has 1 atom stereocenters. The number of aliphatic carboxylic acids is 3. The summed E-state index contributed by atoms with van der Waals surface area (Å²) >= 11 is 0. The van der Waals surface area contributed by atoms with Gasteiger partial charge in [0.05, 0.1) is 44.4 Å². The Morgan fingerprint density at radius 2 is 1.64 bits per heavy atom. The number of benzene rings is 2. The third-order valence-electron chi connectivity index (χ3n) is 6.67. The third-order valence-corrected chi connectivity index (χ3v) is 6.67. The monoisotopic (exact) mass is 584 g/mol. The molecule has 1 fully saturated rings. The van der Waals surface area contributed by atoms with Crippen molar-refractivity contribution in [3.05, 3.63) is 65.9 Å². The normalized spacial score (nSPS) is 14.7. The number of hydrogen-bond acceptors (Lipinski definition) is 9. The van der Waals surface area contributed by atoms with E-state index in [1.165, 1.54) is 10.9 Å². The van der Waals surface area contributed by atoms with Gasteiger partial charge in [-0.25, -0.2) is 4.79 Å². The van der Waals surface area contributed by atoms with Crippen LogP contribution in [-0.4, -0.2) is 87.3 Å². The van der Waals surface area contributed by atoms with Crippen LogP contribution in [0.1, 0.15) is 36.9 Å². The minimum Gasteiger partial charge on any atom is -0.493 e. The van der Waals surface area contributed by atoms with Crippen molar-refractivity contribution in [1.82, 2.24) is 9.88 Å². The van der Waals surface area contributed by atoms with Crippen LogP contribution in [0.3, 0.4) is 0 Å². The van der Waals surface area contributed by atoms with Gasteiger partial charge in [0.25, 0.3) is 0 Å². The molecular formula is C30H36N2O10. The average molecular weight is 585 g/mol. The van der Waals surface area contributed by atoms with Crippen LogP contribution < -0.4 is 9.47 Å². The number of para-hydroxylation sites is 1. The van der Waals surface area contributed by atoms with E-state index < -0.39 is 36.4 Å². The summed E-state index contributed by atoms with van der Waals surface area (Å²) in [5, 5.41) is 35.0. The van der Waals surface area contributed by atoms with Crippen LogP contribution in [0, 0.1) is 0 Å². The number of carboxylic acid groups (broad SMARTS) is 3. The van der Waals surface area contributed by atoms with Gasteiger partial charge >= 0.3 is 17.9 Å². The van der Waals surface area contributed by atoms with E-state index in [4.69, 9.17) is 39.6 Å². The minimum atomic E-state index is -2.74. The number of ether oxygens (including phenoxy) is 3. The van der Waals surface area contributed by atoms with Gasteiger partial charge in [-0.05, 0) is 42.7 Å². The number of hydrogen-bond donors (Lipinski definition) is 4. The zero-order valence-electron chi connectivity index (χ0n) is 23.6. The van der Waals surface area contributed by atoms with Crippen molar-refractivity contribution in [2.24, 2.45) is 0 Å². The molecule has 226 valence electrons. The van der Waals surface area contributed by atoms with Gasteiger partial charge in [-0.15, -0.1) is 0 Å². The van der Waals surface area contributed by atoms with Crippen LogP contribution in [0.2, 0.25) is 0 Å². The summed E-state index contributed by atoms with van der Waals surface area (Å²) in [5.74, 6) is -3.52. The van der Waals surface area contributed by atoms with Crippen LogP contribution in [-0.2, 0) is 32.2 Å². The summed E-state index contributed by atoms with van der Waals surface area (Å²) < 4.78 is 16.8. The van der Waals surface area contributed by atoms with Crippen LogP contribution in [0.4, 0.5) is 0 Å². The fourth-order valence-electron chi connectivity index (χ4n) is 4.64. The molecular weight excluding hydrogens is 548 g/mol. The van der Waals surface area contributed by atoms with Gasteiger partial charge < -0.3 is 34.6 Å². The topological polar surface area (TPSA) is 176 Å². The predicted octanol–water partition coefficient (Wildman–Crippen LogP) is 3.18. The number of carboxylic acids is 3. The lowest BCUT2D eigenvalue weighted by atomic mass is 9.96. The molecule has 12 heteroatoms. The number of carbonyl (C=O) groups is 3. The highest BCUT2D eigenvalue weighted by Gasteiger charge is 2.40. The smallest absolute Gasteiger partial charge is 0.336 e. The van der Waals surface area contributed by atoms with E-state index in [1.54, 1.807) is 14.2 Å². The Morgan fingerprint density at radius 3 is 2.24 bits per heavy atom. The Morgan fingerprint density at radius 1 is 0.952 bits per heavy atom.